The summed E-state index contributed by atoms with van der Waals surface area (Å²) in [7, 11) is 1.77. The van der Waals surface area contributed by atoms with E-state index >= 15 is 0 Å². The van der Waals surface area contributed by atoms with Gasteiger partial charge < -0.3 is 15.0 Å². The van der Waals surface area contributed by atoms with Crippen LogP contribution in [0.15, 0.2) is 42.0 Å². The Balaban J connectivity index is 0.00000243. The first-order chi connectivity index (χ1) is 12.3. The molecule has 3 rings (SSSR count). The SMILES string of the molecule is CCNC(=NCc1ccnc(-n2ccnc2)c1)N1CCC(COC)C1.I. The van der Waals surface area contributed by atoms with Crippen molar-refractivity contribution in [3.63, 3.8) is 0 Å². The summed E-state index contributed by atoms with van der Waals surface area (Å²) in [6.45, 7) is 6.42. The molecule has 8 heteroatoms. The zero-order chi connectivity index (χ0) is 17.5. The molecule has 1 unspecified atom stereocenters. The van der Waals surface area contributed by atoms with Gasteiger partial charge >= 0.3 is 0 Å². The highest BCUT2D eigenvalue weighted by atomic mass is 127. The minimum absolute atomic E-state index is 0. The number of imidazole rings is 1. The second-order valence-electron chi connectivity index (χ2n) is 6.22. The highest BCUT2D eigenvalue weighted by molar-refractivity contribution is 14.0. The summed E-state index contributed by atoms with van der Waals surface area (Å²) >= 11 is 0. The van der Waals surface area contributed by atoms with Gasteiger partial charge in [0.05, 0.1) is 13.2 Å². The molecule has 0 saturated carbocycles. The molecule has 1 atom stereocenters. The fraction of sp³-hybridized carbons (Fsp3) is 0.500. The Bertz CT molecular complexity index is 691. The fourth-order valence-corrected chi connectivity index (χ4v) is 3.08. The Morgan fingerprint density at radius 2 is 2.31 bits per heavy atom. The molecule has 0 aliphatic carbocycles. The maximum atomic E-state index is 5.29. The molecule has 0 radical (unpaired) electrons. The van der Waals surface area contributed by atoms with E-state index in [1.807, 2.05) is 29.1 Å². The minimum Gasteiger partial charge on any atom is -0.384 e. The van der Waals surface area contributed by atoms with Crippen LogP contribution in [-0.2, 0) is 11.3 Å². The van der Waals surface area contributed by atoms with Crippen LogP contribution in [-0.4, -0.2) is 58.7 Å². The number of nitrogens with one attached hydrogen (secondary N) is 1. The van der Waals surface area contributed by atoms with Crippen LogP contribution >= 0.6 is 24.0 Å². The first-order valence-electron chi connectivity index (χ1n) is 8.75. The number of pyridine rings is 1. The Morgan fingerprint density at radius 3 is 3.04 bits per heavy atom. The molecule has 1 aliphatic heterocycles. The minimum atomic E-state index is 0. The van der Waals surface area contributed by atoms with Gasteiger partial charge in [-0.15, -0.1) is 24.0 Å². The predicted molar refractivity (Wildman–Crippen MR) is 113 cm³/mol. The van der Waals surface area contributed by atoms with Crippen molar-refractivity contribution in [3.05, 3.63) is 42.6 Å². The lowest BCUT2D eigenvalue weighted by Gasteiger charge is -2.21. The van der Waals surface area contributed by atoms with Gasteiger partial charge in [0.25, 0.3) is 0 Å². The molecule has 0 amide bonds. The van der Waals surface area contributed by atoms with Gasteiger partial charge in [-0.05, 0) is 31.0 Å². The van der Waals surface area contributed by atoms with Crippen molar-refractivity contribution >= 4 is 29.9 Å². The van der Waals surface area contributed by atoms with E-state index < -0.39 is 0 Å². The summed E-state index contributed by atoms with van der Waals surface area (Å²) in [6, 6.07) is 4.05. The number of aromatic nitrogens is 3. The second-order valence-corrected chi connectivity index (χ2v) is 6.22. The molecule has 1 N–H and O–H groups in total. The number of nitrogens with zero attached hydrogens (tertiary/aromatic N) is 5. The van der Waals surface area contributed by atoms with E-state index in [2.05, 4.69) is 27.1 Å². The molecule has 1 fully saturated rings. The second kappa shape index (κ2) is 10.5. The van der Waals surface area contributed by atoms with Crippen molar-refractivity contribution in [3.8, 4) is 5.82 Å². The van der Waals surface area contributed by atoms with Crippen molar-refractivity contribution in [1.82, 2.24) is 24.8 Å². The number of hydrogen-bond donors (Lipinski definition) is 1. The topological polar surface area (TPSA) is 67.6 Å². The smallest absolute Gasteiger partial charge is 0.194 e. The Kier molecular flexibility index (Phi) is 8.30. The molecule has 7 nitrogen and oxygen atoms in total. The zero-order valence-electron chi connectivity index (χ0n) is 15.3. The largest absolute Gasteiger partial charge is 0.384 e. The van der Waals surface area contributed by atoms with E-state index in [-0.39, 0.29) is 24.0 Å². The number of halogens is 1. The van der Waals surface area contributed by atoms with Crippen LogP contribution in [0.4, 0.5) is 0 Å². The molecule has 26 heavy (non-hydrogen) atoms. The van der Waals surface area contributed by atoms with Crippen molar-refractivity contribution < 1.29 is 4.74 Å². The Hall–Kier alpha value is -1.68. The third-order valence-electron chi connectivity index (χ3n) is 4.31. The van der Waals surface area contributed by atoms with Crippen molar-refractivity contribution in [2.24, 2.45) is 10.9 Å². The van der Waals surface area contributed by atoms with Crippen LogP contribution in [0, 0.1) is 5.92 Å². The summed E-state index contributed by atoms with van der Waals surface area (Å²) < 4.78 is 7.19. The molecule has 2 aromatic rings. The number of likely N-dealkylation sites (tertiary alicyclic amines) is 1. The molecule has 3 heterocycles. The van der Waals surface area contributed by atoms with Gasteiger partial charge in [0.2, 0.25) is 0 Å². The van der Waals surface area contributed by atoms with E-state index in [4.69, 9.17) is 9.73 Å². The number of ether oxygens (including phenoxy) is 1. The van der Waals surface area contributed by atoms with Crippen LogP contribution in [0.5, 0.6) is 0 Å². The van der Waals surface area contributed by atoms with Gasteiger partial charge in [-0.25, -0.2) is 15.0 Å². The van der Waals surface area contributed by atoms with Gasteiger partial charge in [0.15, 0.2) is 5.96 Å². The zero-order valence-corrected chi connectivity index (χ0v) is 17.7. The van der Waals surface area contributed by atoms with Gasteiger partial charge in [-0.3, -0.25) is 4.57 Å². The molecule has 1 aliphatic rings. The van der Waals surface area contributed by atoms with Gasteiger partial charge in [-0.2, -0.15) is 0 Å². The van der Waals surface area contributed by atoms with Crippen molar-refractivity contribution in [2.45, 2.75) is 19.9 Å². The van der Waals surface area contributed by atoms with Crippen LogP contribution in [0.25, 0.3) is 5.82 Å². The van der Waals surface area contributed by atoms with E-state index in [9.17, 15) is 0 Å². The number of methoxy groups -OCH3 is 1. The van der Waals surface area contributed by atoms with Crippen LogP contribution in [0.1, 0.15) is 18.9 Å². The average Bonchev–Trinajstić information content (AvgIpc) is 3.31. The van der Waals surface area contributed by atoms with Gasteiger partial charge in [0, 0.05) is 51.3 Å². The normalized spacial score (nSPS) is 17.2. The van der Waals surface area contributed by atoms with E-state index in [1.54, 1.807) is 19.6 Å². The molecular formula is C18H27IN6O. The van der Waals surface area contributed by atoms with Crippen molar-refractivity contribution in [1.29, 1.82) is 0 Å². The number of guanidine groups is 1. The quantitative estimate of drug-likeness (QED) is 0.399. The summed E-state index contributed by atoms with van der Waals surface area (Å²) in [5.41, 5.74) is 1.13. The number of hydrogen-bond acceptors (Lipinski definition) is 4. The molecule has 0 spiro atoms. The van der Waals surface area contributed by atoms with Gasteiger partial charge in [-0.1, -0.05) is 0 Å². The molecule has 1 saturated heterocycles. The number of rotatable bonds is 6. The summed E-state index contributed by atoms with van der Waals surface area (Å²) in [6.07, 6.45) is 8.36. The average molecular weight is 470 g/mol. The van der Waals surface area contributed by atoms with E-state index in [0.717, 1.165) is 50.0 Å². The third-order valence-corrected chi connectivity index (χ3v) is 4.31. The first kappa shape index (κ1) is 20.6. The summed E-state index contributed by atoms with van der Waals surface area (Å²) in [5, 5.41) is 3.40. The lowest BCUT2D eigenvalue weighted by Crippen LogP contribution is -2.40. The van der Waals surface area contributed by atoms with Crippen LogP contribution < -0.4 is 5.32 Å². The molecular weight excluding hydrogens is 443 g/mol. The molecule has 142 valence electrons. The first-order valence-corrected chi connectivity index (χ1v) is 8.75. The number of aliphatic imine (C=N–C) groups is 1. The lowest BCUT2D eigenvalue weighted by atomic mass is 10.1. The van der Waals surface area contributed by atoms with Crippen molar-refractivity contribution in [2.75, 3.05) is 33.4 Å². The summed E-state index contributed by atoms with van der Waals surface area (Å²) in [4.78, 5) is 15.6. The lowest BCUT2D eigenvalue weighted by molar-refractivity contribution is 0.157. The maximum Gasteiger partial charge on any atom is 0.194 e. The highest BCUT2D eigenvalue weighted by Gasteiger charge is 2.24. The van der Waals surface area contributed by atoms with Crippen LogP contribution in [0.3, 0.4) is 0 Å². The highest BCUT2D eigenvalue weighted by Crippen LogP contribution is 2.17. The predicted octanol–water partition coefficient (Wildman–Crippen LogP) is 2.32. The Labute approximate surface area is 171 Å². The Morgan fingerprint density at radius 1 is 1.42 bits per heavy atom. The van der Waals surface area contributed by atoms with Crippen LogP contribution in [0.2, 0.25) is 0 Å². The van der Waals surface area contributed by atoms with E-state index in [0.29, 0.717) is 12.5 Å². The fourth-order valence-electron chi connectivity index (χ4n) is 3.08. The summed E-state index contributed by atoms with van der Waals surface area (Å²) in [5.74, 6) is 2.42. The monoisotopic (exact) mass is 470 g/mol. The molecule has 0 bridgehead atoms. The van der Waals surface area contributed by atoms with Gasteiger partial charge in [0.1, 0.15) is 12.1 Å². The maximum absolute atomic E-state index is 5.29. The molecule has 2 aromatic heterocycles. The van der Waals surface area contributed by atoms with E-state index in [1.165, 1.54) is 0 Å². The molecule has 0 aromatic carbocycles. The standard InChI is InChI=1S/C18H26N6O.HI/c1-3-20-18(23-8-5-16(12-23)13-25-2)22-11-15-4-6-21-17(10-15)24-9-7-19-14-24;/h4,6-7,9-10,14,16H,3,5,8,11-13H2,1-2H3,(H,20,22);1H. The third kappa shape index (κ3) is 5.41.